The summed E-state index contributed by atoms with van der Waals surface area (Å²) in [5.41, 5.74) is 6.93. The molecule has 3 N–H and O–H groups in total. The van der Waals surface area contributed by atoms with Crippen molar-refractivity contribution in [2.45, 2.75) is 18.4 Å². The van der Waals surface area contributed by atoms with Crippen molar-refractivity contribution in [3.63, 3.8) is 0 Å². The maximum Gasteiger partial charge on any atom is 0.339 e. The number of anilines is 1. The van der Waals surface area contributed by atoms with Gasteiger partial charge in [-0.1, -0.05) is 11.6 Å². The van der Waals surface area contributed by atoms with E-state index in [1.807, 2.05) is 0 Å². The Bertz CT molecular complexity index is 947. The molecule has 2 aromatic rings. The van der Waals surface area contributed by atoms with Crippen LogP contribution in [0.2, 0.25) is 5.02 Å². The average molecular weight is 488 g/mol. The highest BCUT2D eigenvalue weighted by atomic mass is 79.9. The molecule has 0 fully saturated rings. The molecular formula is C14H17BrCl2N4O4S. The van der Waals surface area contributed by atoms with Crippen LogP contribution in [0.1, 0.15) is 21.6 Å². The van der Waals surface area contributed by atoms with Gasteiger partial charge in [0.1, 0.15) is 4.90 Å². The number of hydrogen-bond donors (Lipinski definition) is 2. The first-order valence-electron chi connectivity index (χ1n) is 6.95. The van der Waals surface area contributed by atoms with E-state index in [4.69, 9.17) is 17.3 Å². The number of benzene rings is 1. The molecule has 26 heavy (non-hydrogen) atoms. The van der Waals surface area contributed by atoms with E-state index in [1.165, 1.54) is 17.9 Å². The average Bonchev–Trinajstić information content (AvgIpc) is 2.79. The third kappa shape index (κ3) is 4.32. The molecule has 144 valence electrons. The Labute approximate surface area is 170 Å². The molecule has 0 unspecified atom stereocenters. The second-order valence-corrected chi connectivity index (χ2v) is 8.01. The van der Waals surface area contributed by atoms with Crippen molar-refractivity contribution in [2.75, 3.05) is 11.8 Å². The molecule has 12 heteroatoms. The van der Waals surface area contributed by atoms with Crippen LogP contribution in [-0.4, -0.2) is 31.3 Å². The fourth-order valence-electron chi connectivity index (χ4n) is 2.16. The summed E-state index contributed by atoms with van der Waals surface area (Å²) in [4.78, 5) is 11.6. The molecule has 0 aliphatic heterocycles. The van der Waals surface area contributed by atoms with Gasteiger partial charge in [-0.3, -0.25) is 9.40 Å². The van der Waals surface area contributed by atoms with Crippen molar-refractivity contribution in [3.8, 4) is 0 Å². The van der Waals surface area contributed by atoms with Gasteiger partial charge in [-0.05, 0) is 35.0 Å². The summed E-state index contributed by atoms with van der Waals surface area (Å²) < 4.78 is 34.2. The molecule has 1 heterocycles. The van der Waals surface area contributed by atoms with Gasteiger partial charge in [0.15, 0.2) is 5.82 Å². The second-order valence-electron chi connectivity index (χ2n) is 5.10. The van der Waals surface area contributed by atoms with Crippen molar-refractivity contribution >= 4 is 61.7 Å². The fourth-order valence-corrected chi connectivity index (χ4v) is 4.63. The maximum atomic E-state index is 12.8. The Morgan fingerprint density at radius 3 is 2.62 bits per heavy atom. The number of carbonyl (C=O) groups is 1. The van der Waals surface area contributed by atoms with Crippen molar-refractivity contribution in [2.24, 2.45) is 12.8 Å². The number of ether oxygens (including phenoxy) is 1. The predicted molar refractivity (Wildman–Crippen MR) is 104 cm³/mol. The predicted octanol–water partition coefficient (Wildman–Crippen LogP) is 2.61. The minimum atomic E-state index is -4.06. The molecule has 0 saturated carbocycles. The van der Waals surface area contributed by atoms with Crippen molar-refractivity contribution in [1.82, 2.24) is 9.78 Å². The number of nitrogens with one attached hydrogen (secondary N) is 1. The molecule has 0 spiro atoms. The lowest BCUT2D eigenvalue weighted by Crippen LogP contribution is -2.17. The zero-order chi connectivity index (χ0) is 18.9. The minimum absolute atomic E-state index is 0. The summed E-state index contributed by atoms with van der Waals surface area (Å²) in [7, 11) is -1.20. The first-order valence-corrected chi connectivity index (χ1v) is 9.60. The zero-order valence-electron chi connectivity index (χ0n) is 14.0. The maximum absolute atomic E-state index is 12.8. The van der Waals surface area contributed by atoms with Gasteiger partial charge in [-0.25, -0.2) is 13.2 Å². The first kappa shape index (κ1) is 22.7. The van der Waals surface area contributed by atoms with Crippen LogP contribution in [0.25, 0.3) is 0 Å². The first-order chi connectivity index (χ1) is 11.6. The van der Waals surface area contributed by atoms with E-state index >= 15 is 0 Å². The summed E-state index contributed by atoms with van der Waals surface area (Å²) in [5.74, 6) is -0.616. The monoisotopic (exact) mass is 486 g/mol. The number of nitrogens with two attached hydrogens (primary N) is 1. The van der Waals surface area contributed by atoms with Gasteiger partial charge in [0.05, 0.1) is 17.7 Å². The Morgan fingerprint density at radius 1 is 1.46 bits per heavy atom. The number of sulfonamides is 1. The van der Waals surface area contributed by atoms with Gasteiger partial charge < -0.3 is 10.5 Å². The second kappa shape index (κ2) is 8.57. The van der Waals surface area contributed by atoms with Crippen LogP contribution in [0.5, 0.6) is 0 Å². The van der Waals surface area contributed by atoms with Crippen LogP contribution < -0.4 is 10.5 Å². The topological polar surface area (TPSA) is 116 Å². The third-order valence-corrected chi connectivity index (χ3v) is 6.22. The number of methoxy groups -OCH3 is 1. The molecule has 0 saturated heterocycles. The Hall–Kier alpha value is -1.33. The molecule has 0 atom stereocenters. The lowest BCUT2D eigenvalue weighted by molar-refractivity contribution is 0.0600. The minimum Gasteiger partial charge on any atom is -0.465 e. The highest BCUT2D eigenvalue weighted by Crippen LogP contribution is 2.31. The number of nitrogens with zero attached hydrogens (tertiary/aromatic N) is 2. The largest absolute Gasteiger partial charge is 0.465 e. The molecule has 1 aromatic heterocycles. The van der Waals surface area contributed by atoms with Crippen LogP contribution in [0.15, 0.2) is 21.5 Å². The zero-order valence-corrected chi connectivity index (χ0v) is 18.0. The van der Waals surface area contributed by atoms with E-state index in [-0.39, 0.29) is 44.7 Å². The molecule has 1 aromatic carbocycles. The Balaban J connectivity index is 0.00000338. The van der Waals surface area contributed by atoms with Crippen molar-refractivity contribution in [3.05, 3.63) is 38.4 Å². The normalized spacial score (nSPS) is 11.0. The summed E-state index contributed by atoms with van der Waals surface area (Å²) in [6, 6.07) is 2.45. The van der Waals surface area contributed by atoms with E-state index in [2.05, 4.69) is 30.5 Å². The third-order valence-electron chi connectivity index (χ3n) is 3.61. The number of carbonyl (C=O) groups excluding carboxylic acids is 1. The number of halogens is 3. The van der Waals surface area contributed by atoms with Gasteiger partial charge in [0.2, 0.25) is 0 Å². The SMILES string of the molecule is COC(=O)c1cc(S(=O)(=O)Nc2nn(C)c(C)c2CN)c(Br)cc1Cl.Cl. The summed E-state index contributed by atoms with van der Waals surface area (Å²) >= 11 is 9.13. The highest BCUT2D eigenvalue weighted by Gasteiger charge is 2.25. The van der Waals surface area contributed by atoms with Crippen LogP contribution in [0.4, 0.5) is 5.82 Å². The summed E-state index contributed by atoms with van der Waals surface area (Å²) in [5, 5.41) is 4.19. The molecule has 0 aliphatic carbocycles. The Kier molecular flexibility index (Phi) is 7.49. The fraction of sp³-hybridized carbons (Fsp3) is 0.286. The number of aryl methyl sites for hydroxylation is 1. The molecule has 0 aliphatic rings. The van der Waals surface area contributed by atoms with Crippen LogP contribution in [0.3, 0.4) is 0 Å². The van der Waals surface area contributed by atoms with Gasteiger partial charge in [-0.15, -0.1) is 12.4 Å². The van der Waals surface area contributed by atoms with E-state index < -0.39 is 16.0 Å². The molecule has 2 rings (SSSR count). The lowest BCUT2D eigenvalue weighted by atomic mass is 10.2. The number of rotatable bonds is 5. The van der Waals surface area contributed by atoms with Crippen molar-refractivity contribution in [1.29, 1.82) is 0 Å². The molecule has 0 bridgehead atoms. The summed E-state index contributed by atoms with van der Waals surface area (Å²) in [6.45, 7) is 1.90. The molecule has 8 nitrogen and oxygen atoms in total. The quantitative estimate of drug-likeness (QED) is 0.626. The van der Waals surface area contributed by atoms with Crippen LogP contribution in [0, 0.1) is 6.92 Å². The van der Waals surface area contributed by atoms with Gasteiger partial charge in [-0.2, -0.15) is 5.10 Å². The number of aromatic nitrogens is 2. The lowest BCUT2D eigenvalue weighted by Gasteiger charge is -2.11. The van der Waals surface area contributed by atoms with Gasteiger partial charge >= 0.3 is 5.97 Å². The molecular weight excluding hydrogens is 471 g/mol. The van der Waals surface area contributed by atoms with E-state index in [9.17, 15) is 13.2 Å². The smallest absolute Gasteiger partial charge is 0.339 e. The molecule has 0 amide bonds. The summed E-state index contributed by atoms with van der Waals surface area (Å²) in [6.07, 6.45) is 0. The van der Waals surface area contributed by atoms with E-state index in [1.54, 1.807) is 14.0 Å². The molecule has 0 radical (unpaired) electrons. The van der Waals surface area contributed by atoms with Crippen LogP contribution >= 0.6 is 39.9 Å². The Morgan fingerprint density at radius 2 is 2.08 bits per heavy atom. The van der Waals surface area contributed by atoms with E-state index in [0.717, 1.165) is 11.8 Å². The number of esters is 1. The number of hydrogen-bond acceptors (Lipinski definition) is 6. The standard InChI is InChI=1S/C14H16BrClN4O4S.ClH/c1-7-9(6-17)13(18-20(7)2)19-25(22,23)12-4-8(14(21)24-3)11(16)5-10(12)15;/h4-5H,6,17H2,1-3H3,(H,18,19);1H. The van der Waals surface area contributed by atoms with Crippen LogP contribution in [-0.2, 0) is 28.4 Å². The highest BCUT2D eigenvalue weighted by molar-refractivity contribution is 9.10. The van der Waals surface area contributed by atoms with E-state index in [0.29, 0.717) is 5.56 Å². The van der Waals surface area contributed by atoms with Gasteiger partial charge in [0.25, 0.3) is 10.0 Å². The van der Waals surface area contributed by atoms with Gasteiger partial charge in [0, 0.05) is 29.3 Å². The van der Waals surface area contributed by atoms with Crippen molar-refractivity contribution < 1.29 is 17.9 Å².